The Kier molecular flexibility index (Phi) is 10.5. The molecule has 0 spiro atoms. The molecule has 3 aromatic rings. The molecule has 0 radical (unpaired) electrons. The molecule has 1 atom stereocenters. The van der Waals surface area contributed by atoms with Gasteiger partial charge in [0, 0.05) is 25.3 Å². The Labute approximate surface area is 222 Å². The van der Waals surface area contributed by atoms with Crippen LogP contribution in [0.4, 0.5) is 0 Å². The van der Waals surface area contributed by atoms with E-state index >= 15 is 0 Å². The monoisotopic (exact) mass is 528 g/mol. The van der Waals surface area contributed by atoms with E-state index in [0.717, 1.165) is 16.9 Å². The van der Waals surface area contributed by atoms with Crippen LogP contribution in [-0.2, 0) is 28.3 Å². The highest BCUT2D eigenvalue weighted by molar-refractivity contribution is 7.99. The van der Waals surface area contributed by atoms with Crippen LogP contribution in [0.25, 0.3) is 0 Å². The predicted octanol–water partition coefficient (Wildman–Crippen LogP) is 6.31. The highest BCUT2D eigenvalue weighted by Gasteiger charge is 2.30. The van der Waals surface area contributed by atoms with Crippen LogP contribution in [0.1, 0.15) is 29.2 Å². The smallest absolute Gasteiger partial charge is 0.243 e. The number of nitrogens with one attached hydrogen (secondary N) is 1. The Morgan fingerprint density at radius 2 is 1.66 bits per heavy atom. The van der Waals surface area contributed by atoms with E-state index in [2.05, 4.69) is 30.4 Å². The zero-order valence-electron chi connectivity index (χ0n) is 20.0. The first-order chi connectivity index (χ1) is 16.9. The third-order valence-corrected chi connectivity index (χ3v) is 7.26. The second-order valence-corrected chi connectivity index (χ2v) is 10.2. The number of benzene rings is 3. The van der Waals surface area contributed by atoms with Gasteiger partial charge in [-0.25, -0.2) is 0 Å². The van der Waals surface area contributed by atoms with E-state index in [1.54, 1.807) is 28.8 Å². The number of rotatable bonds is 11. The van der Waals surface area contributed by atoms with Crippen molar-refractivity contribution in [2.45, 2.75) is 38.6 Å². The predicted molar refractivity (Wildman–Crippen MR) is 147 cm³/mol. The lowest BCUT2D eigenvalue weighted by molar-refractivity contribution is -0.139. The van der Waals surface area contributed by atoms with Crippen molar-refractivity contribution < 1.29 is 9.59 Å². The van der Waals surface area contributed by atoms with E-state index in [1.807, 2.05) is 49.4 Å². The molecule has 0 saturated carbocycles. The number of halogens is 2. The molecule has 3 aromatic carbocycles. The molecule has 0 aliphatic carbocycles. The summed E-state index contributed by atoms with van der Waals surface area (Å²) in [4.78, 5) is 28.4. The Morgan fingerprint density at radius 3 is 2.34 bits per heavy atom. The van der Waals surface area contributed by atoms with Crippen molar-refractivity contribution in [3.8, 4) is 0 Å². The molecule has 0 aromatic heterocycles. The molecule has 0 heterocycles. The van der Waals surface area contributed by atoms with Crippen molar-refractivity contribution >= 4 is 46.8 Å². The summed E-state index contributed by atoms with van der Waals surface area (Å²) in [5.41, 5.74) is 4.17. The zero-order chi connectivity index (χ0) is 25.2. The number of aryl methyl sites for hydroxylation is 1. The van der Waals surface area contributed by atoms with Crippen molar-refractivity contribution in [3.05, 3.63) is 105 Å². The molecule has 35 heavy (non-hydrogen) atoms. The first kappa shape index (κ1) is 27.1. The summed E-state index contributed by atoms with van der Waals surface area (Å²) >= 11 is 13.9. The number of carbonyl (C=O) groups excluding carboxylic acids is 2. The van der Waals surface area contributed by atoms with Gasteiger partial charge in [-0.2, -0.15) is 0 Å². The minimum atomic E-state index is -0.654. The van der Waals surface area contributed by atoms with Crippen LogP contribution in [-0.4, -0.2) is 35.1 Å². The number of likely N-dealkylation sites (N-methyl/N-ethyl adjacent to an activating group) is 1. The third kappa shape index (κ3) is 8.31. The molecule has 0 saturated heterocycles. The maximum absolute atomic E-state index is 13.6. The average molecular weight is 530 g/mol. The van der Waals surface area contributed by atoms with Crippen molar-refractivity contribution in [3.63, 3.8) is 0 Å². The van der Waals surface area contributed by atoms with Crippen LogP contribution in [0, 0.1) is 6.92 Å². The molecule has 0 aliphatic heterocycles. The van der Waals surface area contributed by atoms with E-state index in [1.165, 1.54) is 11.1 Å². The van der Waals surface area contributed by atoms with Gasteiger partial charge in [0.25, 0.3) is 0 Å². The molecule has 4 nitrogen and oxygen atoms in total. The number of carbonyl (C=O) groups is 2. The number of hydrogen-bond acceptors (Lipinski definition) is 3. The normalized spacial score (nSPS) is 11.7. The Balaban J connectivity index is 1.84. The highest BCUT2D eigenvalue weighted by Crippen LogP contribution is 2.25. The fourth-order valence-electron chi connectivity index (χ4n) is 3.82. The molecule has 0 bridgehead atoms. The summed E-state index contributed by atoms with van der Waals surface area (Å²) in [5, 5.41) is 3.78. The molecular formula is C28H30Cl2N2O2S. The van der Waals surface area contributed by atoms with Gasteiger partial charge < -0.3 is 10.2 Å². The molecule has 1 N–H and O–H groups in total. The first-order valence-corrected chi connectivity index (χ1v) is 13.5. The van der Waals surface area contributed by atoms with Gasteiger partial charge in [-0.1, -0.05) is 89.4 Å². The van der Waals surface area contributed by atoms with Gasteiger partial charge in [0.15, 0.2) is 0 Å². The molecule has 184 valence electrons. The van der Waals surface area contributed by atoms with Gasteiger partial charge >= 0.3 is 0 Å². The third-order valence-electron chi connectivity index (χ3n) is 5.54. The maximum Gasteiger partial charge on any atom is 0.243 e. The summed E-state index contributed by atoms with van der Waals surface area (Å²) in [5.74, 6) is 0.716. The van der Waals surface area contributed by atoms with Gasteiger partial charge in [-0.15, -0.1) is 11.8 Å². The SMILES string of the molecule is CCNC(=O)[C@H](Cc1ccccc1)N(Cc1ccc(Cl)c(Cl)c1)C(=O)CSCc1cccc(C)c1. The fraction of sp³-hybridized carbons (Fsp3) is 0.286. The summed E-state index contributed by atoms with van der Waals surface area (Å²) < 4.78 is 0. The summed E-state index contributed by atoms with van der Waals surface area (Å²) in [6.45, 7) is 4.68. The number of amides is 2. The van der Waals surface area contributed by atoms with E-state index in [-0.39, 0.29) is 24.1 Å². The van der Waals surface area contributed by atoms with Gasteiger partial charge in [-0.3, -0.25) is 9.59 Å². The van der Waals surface area contributed by atoms with E-state index < -0.39 is 6.04 Å². The summed E-state index contributed by atoms with van der Waals surface area (Å²) in [6.07, 6.45) is 0.419. The van der Waals surface area contributed by atoms with Crippen LogP contribution in [0.2, 0.25) is 10.0 Å². The topological polar surface area (TPSA) is 49.4 Å². The molecule has 0 fully saturated rings. The van der Waals surface area contributed by atoms with Crippen LogP contribution < -0.4 is 5.32 Å². The lowest BCUT2D eigenvalue weighted by Gasteiger charge is -2.31. The van der Waals surface area contributed by atoms with E-state index in [4.69, 9.17) is 23.2 Å². The number of hydrogen-bond donors (Lipinski definition) is 1. The van der Waals surface area contributed by atoms with Crippen LogP contribution in [0.5, 0.6) is 0 Å². The van der Waals surface area contributed by atoms with Crippen molar-refractivity contribution in [2.24, 2.45) is 0 Å². The van der Waals surface area contributed by atoms with Gasteiger partial charge in [0.1, 0.15) is 6.04 Å². The first-order valence-electron chi connectivity index (χ1n) is 11.6. The highest BCUT2D eigenvalue weighted by atomic mass is 35.5. The number of thioether (sulfide) groups is 1. The molecule has 3 rings (SSSR count). The summed E-state index contributed by atoms with van der Waals surface area (Å²) in [6, 6.07) is 22.7. The van der Waals surface area contributed by atoms with Crippen LogP contribution in [0.3, 0.4) is 0 Å². The largest absolute Gasteiger partial charge is 0.355 e. The van der Waals surface area contributed by atoms with Crippen molar-refractivity contribution in [1.82, 2.24) is 10.2 Å². The lowest BCUT2D eigenvalue weighted by Crippen LogP contribution is -2.51. The second-order valence-electron chi connectivity index (χ2n) is 8.35. The lowest BCUT2D eigenvalue weighted by atomic mass is 10.0. The minimum absolute atomic E-state index is 0.0964. The molecule has 0 aliphatic rings. The quantitative estimate of drug-likeness (QED) is 0.317. The molecule has 0 unspecified atom stereocenters. The Morgan fingerprint density at radius 1 is 0.914 bits per heavy atom. The van der Waals surface area contributed by atoms with E-state index in [0.29, 0.717) is 23.0 Å². The van der Waals surface area contributed by atoms with E-state index in [9.17, 15) is 9.59 Å². The van der Waals surface area contributed by atoms with Crippen LogP contribution >= 0.6 is 35.0 Å². The fourth-order valence-corrected chi connectivity index (χ4v) is 5.00. The van der Waals surface area contributed by atoms with Crippen molar-refractivity contribution in [1.29, 1.82) is 0 Å². The Hall–Kier alpha value is -2.47. The molecular weight excluding hydrogens is 499 g/mol. The average Bonchev–Trinajstić information content (AvgIpc) is 2.84. The van der Waals surface area contributed by atoms with Gasteiger partial charge in [0.2, 0.25) is 11.8 Å². The number of nitrogens with zero attached hydrogens (tertiary/aromatic N) is 1. The maximum atomic E-state index is 13.6. The molecule has 2 amide bonds. The second kappa shape index (κ2) is 13.6. The van der Waals surface area contributed by atoms with Crippen molar-refractivity contribution in [2.75, 3.05) is 12.3 Å². The Bertz CT molecular complexity index is 1140. The van der Waals surface area contributed by atoms with Crippen LogP contribution in [0.15, 0.2) is 72.8 Å². The zero-order valence-corrected chi connectivity index (χ0v) is 22.3. The van der Waals surface area contributed by atoms with Gasteiger partial charge in [-0.05, 0) is 42.7 Å². The molecule has 7 heteroatoms. The summed E-state index contributed by atoms with van der Waals surface area (Å²) in [7, 11) is 0. The standard InChI is InChI=1S/C28H30Cl2N2O2S/c1-3-31-28(34)26(16-21-9-5-4-6-10-21)32(17-22-12-13-24(29)25(30)15-22)27(33)19-35-18-23-11-7-8-20(2)14-23/h4-15,26H,3,16-19H2,1-2H3,(H,31,34)/t26-/m0/s1. The van der Waals surface area contributed by atoms with Gasteiger partial charge in [0.05, 0.1) is 15.8 Å². The minimum Gasteiger partial charge on any atom is -0.355 e.